The summed E-state index contributed by atoms with van der Waals surface area (Å²) in [6.07, 6.45) is 0. The lowest BCUT2D eigenvalue weighted by Gasteiger charge is -2.35. The predicted molar refractivity (Wildman–Crippen MR) is 97.0 cm³/mol. The Hall–Kier alpha value is -1.62. The van der Waals surface area contributed by atoms with Gasteiger partial charge in [-0.05, 0) is 43.6 Å². The second-order valence-corrected chi connectivity index (χ2v) is 6.68. The predicted octanol–water partition coefficient (Wildman–Crippen LogP) is 3.26. The molecule has 1 amide bonds. The van der Waals surface area contributed by atoms with Crippen LogP contribution >= 0.6 is 12.2 Å². The van der Waals surface area contributed by atoms with Gasteiger partial charge in [0.15, 0.2) is 5.11 Å². The van der Waals surface area contributed by atoms with Crippen LogP contribution in [0.15, 0.2) is 30.3 Å². The molecule has 4 nitrogen and oxygen atoms in total. The summed E-state index contributed by atoms with van der Waals surface area (Å²) in [5.41, 5.74) is 0.671. The molecule has 0 bridgehead atoms. The number of hydrogen-bond donors (Lipinski definition) is 2. The minimum absolute atomic E-state index is 0.0784. The van der Waals surface area contributed by atoms with Crippen LogP contribution in [0.3, 0.4) is 0 Å². The minimum Gasteiger partial charge on any atom is -0.350 e. The molecule has 1 atom stereocenters. The first-order chi connectivity index (χ1) is 10.3. The van der Waals surface area contributed by atoms with E-state index >= 15 is 0 Å². The van der Waals surface area contributed by atoms with Crippen molar-refractivity contribution in [2.45, 2.75) is 40.7 Å². The second kappa shape index (κ2) is 8.13. The summed E-state index contributed by atoms with van der Waals surface area (Å²) >= 11 is 5.37. The third kappa shape index (κ3) is 5.30. The first kappa shape index (κ1) is 18.4. The number of nitrogens with zero attached hydrogens (tertiary/aromatic N) is 1. The van der Waals surface area contributed by atoms with E-state index in [4.69, 9.17) is 12.2 Å². The Kier molecular flexibility index (Phi) is 6.81. The fraction of sp³-hybridized carbons (Fsp3) is 0.529. The molecule has 122 valence electrons. The van der Waals surface area contributed by atoms with Crippen molar-refractivity contribution < 1.29 is 4.79 Å². The molecule has 0 saturated heterocycles. The maximum atomic E-state index is 12.7. The van der Waals surface area contributed by atoms with Gasteiger partial charge in [0.05, 0.1) is 0 Å². The highest BCUT2D eigenvalue weighted by atomic mass is 32.1. The lowest BCUT2D eigenvalue weighted by atomic mass is 9.86. The van der Waals surface area contributed by atoms with Crippen LogP contribution in [0.4, 0.5) is 5.69 Å². The highest BCUT2D eigenvalue weighted by Crippen LogP contribution is 2.21. The van der Waals surface area contributed by atoms with Gasteiger partial charge in [-0.25, -0.2) is 0 Å². The molecule has 1 aromatic carbocycles. The van der Waals surface area contributed by atoms with Gasteiger partial charge in [0, 0.05) is 18.8 Å². The fourth-order valence-electron chi connectivity index (χ4n) is 2.19. The smallest absolute Gasteiger partial charge is 0.245 e. The molecule has 0 spiro atoms. The molecule has 22 heavy (non-hydrogen) atoms. The summed E-state index contributed by atoms with van der Waals surface area (Å²) < 4.78 is 0. The Labute approximate surface area is 139 Å². The van der Waals surface area contributed by atoms with E-state index in [1.54, 1.807) is 0 Å². The molecule has 0 aliphatic rings. The molecule has 1 aromatic rings. The van der Waals surface area contributed by atoms with Crippen LogP contribution in [-0.4, -0.2) is 35.1 Å². The van der Waals surface area contributed by atoms with Crippen LogP contribution in [0.5, 0.6) is 0 Å². The molecule has 0 aliphatic heterocycles. The van der Waals surface area contributed by atoms with Gasteiger partial charge in [0.1, 0.15) is 6.04 Å². The summed E-state index contributed by atoms with van der Waals surface area (Å²) in [5.74, 6) is 0.0784. The topological polar surface area (TPSA) is 44.4 Å². The van der Waals surface area contributed by atoms with Crippen molar-refractivity contribution in [1.82, 2.24) is 10.2 Å². The quantitative estimate of drug-likeness (QED) is 0.817. The number of thiocarbonyl (C=S) groups is 1. The van der Waals surface area contributed by atoms with Crippen molar-refractivity contribution in [3.05, 3.63) is 30.3 Å². The van der Waals surface area contributed by atoms with Crippen molar-refractivity contribution >= 4 is 28.9 Å². The average Bonchev–Trinajstić information content (AvgIpc) is 2.45. The average molecular weight is 321 g/mol. The fourth-order valence-corrected chi connectivity index (χ4v) is 2.42. The minimum atomic E-state index is -0.365. The van der Waals surface area contributed by atoms with Crippen molar-refractivity contribution in [2.75, 3.05) is 18.4 Å². The second-order valence-electron chi connectivity index (χ2n) is 6.27. The van der Waals surface area contributed by atoms with E-state index in [9.17, 15) is 4.79 Å². The number of amides is 1. The third-order valence-electron chi connectivity index (χ3n) is 3.50. The van der Waals surface area contributed by atoms with Gasteiger partial charge in [-0.15, -0.1) is 0 Å². The summed E-state index contributed by atoms with van der Waals surface area (Å²) in [7, 11) is 0. The van der Waals surface area contributed by atoms with Crippen LogP contribution < -0.4 is 10.6 Å². The molecular weight excluding hydrogens is 294 g/mol. The number of carbonyl (C=O) groups is 1. The zero-order chi connectivity index (χ0) is 16.8. The maximum absolute atomic E-state index is 12.7. The van der Waals surface area contributed by atoms with E-state index in [0.717, 1.165) is 5.69 Å². The molecule has 0 aromatic heterocycles. The summed E-state index contributed by atoms with van der Waals surface area (Å²) in [5, 5.41) is 6.77. The van der Waals surface area contributed by atoms with E-state index in [2.05, 4.69) is 10.6 Å². The highest BCUT2D eigenvalue weighted by Gasteiger charge is 2.34. The summed E-state index contributed by atoms with van der Waals surface area (Å²) in [4.78, 5) is 14.5. The number of benzene rings is 1. The Morgan fingerprint density at radius 1 is 1.18 bits per heavy atom. The molecule has 5 heteroatoms. The molecule has 2 N–H and O–H groups in total. The molecule has 0 radical (unpaired) electrons. The number of hydrogen-bond acceptors (Lipinski definition) is 2. The van der Waals surface area contributed by atoms with Crippen LogP contribution in [0.25, 0.3) is 0 Å². The Morgan fingerprint density at radius 2 is 1.73 bits per heavy atom. The molecule has 0 fully saturated rings. The Morgan fingerprint density at radius 3 is 2.18 bits per heavy atom. The van der Waals surface area contributed by atoms with Crippen LogP contribution in [-0.2, 0) is 4.79 Å². The van der Waals surface area contributed by atoms with Crippen molar-refractivity contribution in [3.63, 3.8) is 0 Å². The zero-order valence-electron chi connectivity index (χ0n) is 14.1. The SMILES string of the molecule is CCN(CC)C(=O)[C@@H](NC(=S)Nc1ccccc1)C(C)(C)C. The van der Waals surface area contributed by atoms with Crippen LogP contribution in [0.2, 0.25) is 0 Å². The molecule has 0 saturated carbocycles. The normalized spacial score (nSPS) is 12.4. The number of rotatable bonds is 5. The Bertz CT molecular complexity index is 492. The van der Waals surface area contributed by atoms with Gasteiger partial charge >= 0.3 is 0 Å². The molecular formula is C17H27N3OS. The van der Waals surface area contributed by atoms with E-state index in [0.29, 0.717) is 18.2 Å². The van der Waals surface area contributed by atoms with Gasteiger partial charge in [0.25, 0.3) is 0 Å². The summed E-state index contributed by atoms with van der Waals surface area (Å²) in [6.45, 7) is 11.5. The Balaban J connectivity index is 2.81. The lowest BCUT2D eigenvalue weighted by Crippen LogP contribution is -2.55. The highest BCUT2D eigenvalue weighted by molar-refractivity contribution is 7.80. The van der Waals surface area contributed by atoms with Gasteiger partial charge < -0.3 is 15.5 Å². The lowest BCUT2D eigenvalue weighted by molar-refractivity contribution is -0.135. The number of likely N-dealkylation sites (N-methyl/N-ethyl adjacent to an activating group) is 1. The zero-order valence-corrected chi connectivity index (χ0v) is 15.0. The molecule has 0 aliphatic carbocycles. The largest absolute Gasteiger partial charge is 0.350 e. The van der Waals surface area contributed by atoms with E-state index < -0.39 is 0 Å². The monoisotopic (exact) mass is 321 g/mol. The van der Waals surface area contributed by atoms with Crippen LogP contribution in [0, 0.1) is 5.41 Å². The first-order valence-corrected chi connectivity index (χ1v) is 8.11. The van der Waals surface area contributed by atoms with Gasteiger partial charge in [0.2, 0.25) is 5.91 Å². The number of nitrogens with one attached hydrogen (secondary N) is 2. The third-order valence-corrected chi connectivity index (χ3v) is 3.72. The van der Waals surface area contributed by atoms with Gasteiger partial charge in [-0.1, -0.05) is 39.0 Å². The molecule has 0 heterocycles. The van der Waals surface area contributed by atoms with E-state index in [1.165, 1.54) is 0 Å². The maximum Gasteiger partial charge on any atom is 0.245 e. The van der Waals surface area contributed by atoms with Crippen LogP contribution in [0.1, 0.15) is 34.6 Å². The van der Waals surface area contributed by atoms with Gasteiger partial charge in [-0.2, -0.15) is 0 Å². The van der Waals surface area contributed by atoms with Crippen molar-refractivity contribution in [3.8, 4) is 0 Å². The van der Waals surface area contributed by atoms with Crippen molar-refractivity contribution in [2.24, 2.45) is 5.41 Å². The van der Waals surface area contributed by atoms with Crippen molar-refractivity contribution in [1.29, 1.82) is 0 Å². The summed E-state index contributed by atoms with van der Waals surface area (Å²) in [6, 6.07) is 9.33. The van der Waals surface area contributed by atoms with E-state index in [1.807, 2.05) is 69.9 Å². The number of para-hydroxylation sites is 1. The number of anilines is 1. The first-order valence-electron chi connectivity index (χ1n) is 7.71. The number of carbonyl (C=O) groups excluding carboxylic acids is 1. The van der Waals surface area contributed by atoms with Gasteiger partial charge in [-0.3, -0.25) is 4.79 Å². The molecule has 0 unspecified atom stereocenters. The standard InChI is InChI=1S/C17H27N3OS/c1-6-20(7-2)15(21)14(17(3,4)5)19-16(22)18-13-11-9-8-10-12-13/h8-12,14H,6-7H2,1-5H3,(H2,18,19,22)/t14-/m1/s1. The molecule has 1 rings (SSSR count). The van der Waals surface area contributed by atoms with E-state index in [-0.39, 0.29) is 17.4 Å².